The van der Waals surface area contributed by atoms with E-state index in [1.807, 2.05) is 12.3 Å². The molecule has 2 aromatic rings. The van der Waals surface area contributed by atoms with Gasteiger partial charge in [-0.3, -0.25) is 5.32 Å². The molecule has 148 valence electrons. The summed E-state index contributed by atoms with van der Waals surface area (Å²) < 4.78 is 0.891. The van der Waals surface area contributed by atoms with Gasteiger partial charge >= 0.3 is 6.03 Å². The first-order chi connectivity index (χ1) is 13.2. The number of amides is 2. The summed E-state index contributed by atoms with van der Waals surface area (Å²) in [5, 5.41) is 10.9. The lowest BCUT2D eigenvalue weighted by molar-refractivity contribution is 0.252. The van der Waals surface area contributed by atoms with E-state index in [0.29, 0.717) is 24.9 Å². The molecule has 0 fully saturated rings. The molecule has 6 nitrogen and oxygen atoms in total. The molecule has 7 heteroatoms. The highest BCUT2D eigenvalue weighted by Gasteiger charge is 2.13. The Hall–Kier alpha value is -2.15. The molecular formula is C20H31N5OS. The van der Waals surface area contributed by atoms with Crippen molar-refractivity contribution in [2.45, 2.75) is 58.8 Å². The molecule has 0 radical (unpaired) electrons. The number of hydrogen-bond acceptors (Lipinski definition) is 5. The van der Waals surface area contributed by atoms with Crippen molar-refractivity contribution in [1.29, 1.82) is 0 Å². The number of unbranched alkanes of at least 4 members (excludes halogenated alkanes) is 6. The molecule has 2 amide bonds. The van der Waals surface area contributed by atoms with Gasteiger partial charge in [0, 0.05) is 13.1 Å². The van der Waals surface area contributed by atoms with Gasteiger partial charge < -0.3 is 10.6 Å². The van der Waals surface area contributed by atoms with Crippen LogP contribution in [0.4, 0.5) is 16.6 Å². The maximum atomic E-state index is 12.2. The Morgan fingerprint density at radius 1 is 1.19 bits per heavy atom. The van der Waals surface area contributed by atoms with Gasteiger partial charge in [-0.1, -0.05) is 51.5 Å². The zero-order chi connectivity index (χ0) is 19.5. The van der Waals surface area contributed by atoms with Crippen molar-refractivity contribution in [2.24, 2.45) is 0 Å². The van der Waals surface area contributed by atoms with Gasteiger partial charge in [-0.15, -0.1) is 17.9 Å². The van der Waals surface area contributed by atoms with Crippen LogP contribution in [0.25, 0.3) is 10.2 Å². The zero-order valence-electron chi connectivity index (χ0n) is 16.4. The predicted octanol–water partition coefficient (Wildman–Crippen LogP) is 5.47. The monoisotopic (exact) mass is 389 g/mol. The number of hydrogen-bond donors (Lipinski definition) is 3. The molecule has 27 heavy (non-hydrogen) atoms. The van der Waals surface area contributed by atoms with Crippen LogP contribution in [0.1, 0.15) is 57.4 Å². The van der Waals surface area contributed by atoms with E-state index in [0.717, 1.165) is 28.6 Å². The molecule has 2 rings (SSSR count). The summed E-state index contributed by atoms with van der Waals surface area (Å²) in [7, 11) is 0. The standard InChI is InChI=1S/C20H31N5OS/c1-4-6-7-8-9-10-11-13-22-20(26)25-18-17-16(15(3)14-27-17)23-19(24-18)21-12-5-2/h5,14H,2,4,6-13H2,1,3H3,(H3,21,22,23,24,25,26). The van der Waals surface area contributed by atoms with E-state index < -0.39 is 0 Å². The van der Waals surface area contributed by atoms with Crippen LogP contribution in [0.15, 0.2) is 18.0 Å². The first-order valence-corrected chi connectivity index (χ1v) is 10.7. The van der Waals surface area contributed by atoms with Crippen LogP contribution in [0.2, 0.25) is 0 Å². The summed E-state index contributed by atoms with van der Waals surface area (Å²) in [6, 6.07) is -0.221. The van der Waals surface area contributed by atoms with Crippen LogP contribution in [0, 0.1) is 6.92 Å². The molecule has 0 saturated heterocycles. The molecule has 0 aromatic carbocycles. The second-order valence-corrected chi connectivity index (χ2v) is 7.54. The molecule has 3 N–H and O–H groups in total. The minimum Gasteiger partial charge on any atom is -0.351 e. The molecule has 0 spiro atoms. The summed E-state index contributed by atoms with van der Waals surface area (Å²) in [5.41, 5.74) is 1.94. The topological polar surface area (TPSA) is 78.9 Å². The lowest BCUT2D eigenvalue weighted by Crippen LogP contribution is -2.30. The molecule has 0 atom stereocenters. The lowest BCUT2D eigenvalue weighted by atomic mass is 10.1. The number of carbonyl (C=O) groups excluding carboxylic acids is 1. The molecule has 2 aromatic heterocycles. The van der Waals surface area contributed by atoms with Crippen molar-refractivity contribution in [3.05, 3.63) is 23.6 Å². The van der Waals surface area contributed by atoms with Crippen molar-refractivity contribution in [1.82, 2.24) is 15.3 Å². The highest BCUT2D eigenvalue weighted by Crippen LogP contribution is 2.30. The van der Waals surface area contributed by atoms with Crippen LogP contribution >= 0.6 is 11.3 Å². The fourth-order valence-corrected chi connectivity index (χ4v) is 3.73. The minimum atomic E-state index is -0.221. The summed E-state index contributed by atoms with van der Waals surface area (Å²) >= 11 is 1.54. The number of fused-ring (bicyclic) bond motifs is 1. The Kier molecular flexibility index (Phi) is 9.04. The first kappa shape index (κ1) is 21.2. The van der Waals surface area contributed by atoms with E-state index in [2.05, 4.69) is 39.4 Å². The van der Waals surface area contributed by atoms with Gasteiger partial charge in [0.05, 0.1) is 10.2 Å². The second kappa shape index (κ2) is 11.5. The van der Waals surface area contributed by atoms with Crippen LogP contribution in [0.5, 0.6) is 0 Å². The maximum Gasteiger partial charge on any atom is 0.320 e. The zero-order valence-corrected chi connectivity index (χ0v) is 17.3. The highest BCUT2D eigenvalue weighted by atomic mass is 32.1. The van der Waals surface area contributed by atoms with E-state index in [1.54, 1.807) is 17.4 Å². The highest BCUT2D eigenvalue weighted by molar-refractivity contribution is 7.18. The van der Waals surface area contributed by atoms with Crippen molar-refractivity contribution in [3.63, 3.8) is 0 Å². The molecule has 0 bridgehead atoms. The Morgan fingerprint density at radius 3 is 2.67 bits per heavy atom. The van der Waals surface area contributed by atoms with Crippen LogP contribution < -0.4 is 16.0 Å². The number of rotatable bonds is 12. The Labute approximate surface area is 165 Å². The molecule has 0 aliphatic rings. The molecule has 0 saturated carbocycles. The van der Waals surface area contributed by atoms with Gasteiger partial charge in [-0.25, -0.2) is 9.78 Å². The fraction of sp³-hybridized carbons (Fsp3) is 0.550. The van der Waals surface area contributed by atoms with Gasteiger partial charge in [-0.2, -0.15) is 4.98 Å². The van der Waals surface area contributed by atoms with Crippen molar-refractivity contribution < 1.29 is 4.79 Å². The van der Waals surface area contributed by atoms with Crippen LogP contribution in [-0.2, 0) is 0 Å². The first-order valence-electron chi connectivity index (χ1n) is 9.81. The SMILES string of the molecule is C=CCNc1nc(NC(=O)NCCCCCCCCC)c2scc(C)c2n1. The minimum absolute atomic E-state index is 0.221. The van der Waals surface area contributed by atoms with E-state index in [1.165, 1.54) is 32.1 Å². The van der Waals surface area contributed by atoms with Gasteiger partial charge in [0.15, 0.2) is 5.82 Å². The third-order valence-electron chi connectivity index (χ3n) is 4.29. The molecule has 2 heterocycles. The van der Waals surface area contributed by atoms with Crippen molar-refractivity contribution in [3.8, 4) is 0 Å². The fourth-order valence-electron chi connectivity index (χ4n) is 2.80. The van der Waals surface area contributed by atoms with Crippen LogP contribution in [-0.4, -0.2) is 29.1 Å². The number of thiophene rings is 1. The van der Waals surface area contributed by atoms with E-state index >= 15 is 0 Å². The predicted molar refractivity (Wildman–Crippen MR) is 116 cm³/mol. The Morgan fingerprint density at radius 2 is 1.93 bits per heavy atom. The van der Waals surface area contributed by atoms with Crippen molar-refractivity contribution in [2.75, 3.05) is 23.7 Å². The summed E-state index contributed by atoms with van der Waals surface area (Å²) in [6.45, 7) is 9.17. The number of nitrogens with zero attached hydrogens (tertiary/aromatic N) is 2. The Bertz CT molecular complexity index is 743. The molecule has 0 unspecified atom stereocenters. The van der Waals surface area contributed by atoms with Gasteiger partial charge in [0.25, 0.3) is 0 Å². The number of nitrogens with one attached hydrogen (secondary N) is 3. The second-order valence-electron chi connectivity index (χ2n) is 6.66. The normalized spacial score (nSPS) is 10.7. The summed E-state index contributed by atoms with van der Waals surface area (Å²) in [4.78, 5) is 21.2. The third-order valence-corrected chi connectivity index (χ3v) is 5.39. The number of carbonyl (C=O) groups is 1. The van der Waals surface area contributed by atoms with Gasteiger partial charge in [0.2, 0.25) is 5.95 Å². The number of urea groups is 1. The van der Waals surface area contributed by atoms with Crippen molar-refractivity contribution >= 4 is 39.4 Å². The lowest BCUT2D eigenvalue weighted by Gasteiger charge is -2.10. The quantitative estimate of drug-likeness (QED) is 0.332. The summed E-state index contributed by atoms with van der Waals surface area (Å²) in [6.07, 6.45) is 10.3. The van der Waals surface area contributed by atoms with E-state index in [9.17, 15) is 4.79 Å². The number of aryl methyl sites for hydroxylation is 1. The smallest absolute Gasteiger partial charge is 0.320 e. The molecule has 0 aliphatic carbocycles. The third kappa shape index (κ3) is 6.82. The maximum absolute atomic E-state index is 12.2. The van der Waals surface area contributed by atoms with Gasteiger partial charge in [-0.05, 0) is 24.3 Å². The largest absolute Gasteiger partial charge is 0.351 e. The number of aromatic nitrogens is 2. The van der Waals surface area contributed by atoms with Gasteiger partial charge in [0.1, 0.15) is 0 Å². The average molecular weight is 390 g/mol. The summed E-state index contributed by atoms with van der Waals surface area (Å²) in [5.74, 6) is 1.04. The molecular weight excluding hydrogens is 358 g/mol. The van der Waals surface area contributed by atoms with E-state index in [4.69, 9.17) is 0 Å². The van der Waals surface area contributed by atoms with Crippen LogP contribution in [0.3, 0.4) is 0 Å². The van der Waals surface area contributed by atoms with E-state index in [-0.39, 0.29) is 6.03 Å². The average Bonchev–Trinajstić information content (AvgIpc) is 3.03. The Balaban J connectivity index is 1.85. The molecule has 0 aliphatic heterocycles. The number of anilines is 2.